The van der Waals surface area contributed by atoms with E-state index in [9.17, 15) is 10.1 Å². The van der Waals surface area contributed by atoms with Crippen molar-refractivity contribution in [1.29, 1.82) is 0 Å². The molecule has 1 aromatic heterocycles. The SMILES string of the molecule is COc1ccc([N+](=O)[O-])cc1CSc1nnc(NC2CCCCC2)s1. The molecule has 0 bridgehead atoms. The molecule has 0 radical (unpaired) electrons. The molecule has 0 saturated heterocycles. The predicted molar refractivity (Wildman–Crippen MR) is 99.6 cm³/mol. The second-order valence-corrected chi connectivity index (χ2v) is 8.09. The summed E-state index contributed by atoms with van der Waals surface area (Å²) in [5.41, 5.74) is 0.840. The molecule has 1 aromatic carbocycles. The van der Waals surface area contributed by atoms with E-state index in [1.54, 1.807) is 19.2 Å². The van der Waals surface area contributed by atoms with Crippen LogP contribution in [0.25, 0.3) is 0 Å². The number of nitro benzene ring substituents is 1. The van der Waals surface area contributed by atoms with Crippen molar-refractivity contribution in [2.75, 3.05) is 12.4 Å². The van der Waals surface area contributed by atoms with Crippen LogP contribution in [0.5, 0.6) is 5.75 Å². The fourth-order valence-electron chi connectivity index (χ4n) is 2.88. The Balaban J connectivity index is 1.61. The van der Waals surface area contributed by atoms with E-state index >= 15 is 0 Å². The second-order valence-electron chi connectivity index (χ2n) is 5.89. The molecule has 1 heterocycles. The van der Waals surface area contributed by atoms with Crippen molar-refractivity contribution >= 4 is 33.9 Å². The van der Waals surface area contributed by atoms with Crippen LogP contribution in [0.15, 0.2) is 22.5 Å². The van der Waals surface area contributed by atoms with Crippen LogP contribution in [0.4, 0.5) is 10.8 Å². The monoisotopic (exact) mass is 380 g/mol. The molecule has 0 atom stereocenters. The third-order valence-electron chi connectivity index (χ3n) is 4.17. The fraction of sp³-hybridized carbons (Fsp3) is 0.500. The van der Waals surface area contributed by atoms with Crippen molar-refractivity contribution < 1.29 is 9.66 Å². The van der Waals surface area contributed by atoms with Crippen molar-refractivity contribution in [2.45, 2.75) is 48.2 Å². The molecule has 0 aliphatic heterocycles. The average molecular weight is 380 g/mol. The number of nitrogens with one attached hydrogen (secondary N) is 1. The Morgan fingerprint density at radius 2 is 2.16 bits per heavy atom. The summed E-state index contributed by atoms with van der Waals surface area (Å²) in [5, 5.41) is 23.7. The molecule has 1 saturated carbocycles. The van der Waals surface area contributed by atoms with Crippen LogP contribution in [0, 0.1) is 10.1 Å². The standard InChI is InChI=1S/C16H20N4O3S2/c1-23-14-8-7-13(20(21)22)9-11(14)10-24-16-19-18-15(25-16)17-12-5-3-2-4-6-12/h7-9,12H,2-6,10H2,1H3,(H,17,18). The number of thioether (sulfide) groups is 1. The largest absolute Gasteiger partial charge is 0.496 e. The smallest absolute Gasteiger partial charge is 0.270 e. The van der Waals surface area contributed by atoms with Gasteiger partial charge in [-0.3, -0.25) is 10.1 Å². The minimum Gasteiger partial charge on any atom is -0.496 e. The summed E-state index contributed by atoms with van der Waals surface area (Å²) in [4.78, 5) is 10.6. The number of hydrogen-bond acceptors (Lipinski definition) is 8. The Labute approximate surface area is 154 Å². The molecule has 134 valence electrons. The number of nitrogens with zero attached hydrogens (tertiary/aromatic N) is 3. The highest BCUT2D eigenvalue weighted by Crippen LogP contribution is 2.33. The third kappa shape index (κ3) is 4.82. The number of anilines is 1. The van der Waals surface area contributed by atoms with E-state index in [2.05, 4.69) is 15.5 Å². The predicted octanol–water partition coefficient (Wildman–Crippen LogP) is 4.49. The molecular weight excluding hydrogens is 360 g/mol. The van der Waals surface area contributed by atoms with Crippen LogP contribution in [-0.2, 0) is 5.75 Å². The first-order valence-corrected chi connectivity index (χ1v) is 10.00. The highest BCUT2D eigenvalue weighted by Gasteiger charge is 2.16. The minimum absolute atomic E-state index is 0.0633. The molecule has 0 unspecified atom stereocenters. The molecule has 2 aromatic rings. The molecular formula is C16H20N4O3S2. The van der Waals surface area contributed by atoms with Gasteiger partial charge in [0, 0.05) is 29.5 Å². The summed E-state index contributed by atoms with van der Waals surface area (Å²) in [6, 6.07) is 5.12. The molecule has 3 rings (SSSR count). The summed E-state index contributed by atoms with van der Waals surface area (Å²) in [5.74, 6) is 1.19. The molecule has 0 spiro atoms. The van der Waals surface area contributed by atoms with Gasteiger partial charge in [-0.05, 0) is 18.9 Å². The normalized spacial score (nSPS) is 15.1. The molecule has 1 fully saturated rings. The van der Waals surface area contributed by atoms with Crippen molar-refractivity contribution in [2.24, 2.45) is 0 Å². The van der Waals surface area contributed by atoms with Gasteiger partial charge >= 0.3 is 0 Å². The lowest BCUT2D eigenvalue weighted by Crippen LogP contribution is -2.21. The van der Waals surface area contributed by atoms with Gasteiger partial charge in [0.05, 0.1) is 12.0 Å². The van der Waals surface area contributed by atoms with Gasteiger partial charge in [0.1, 0.15) is 5.75 Å². The zero-order chi connectivity index (χ0) is 17.6. The summed E-state index contributed by atoms with van der Waals surface area (Å²) in [7, 11) is 1.56. The van der Waals surface area contributed by atoms with E-state index in [0.717, 1.165) is 15.0 Å². The number of methoxy groups -OCH3 is 1. The van der Waals surface area contributed by atoms with Crippen LogP contribution in [0.2, 0.25) is 0 Å². The van der Waals surface area contributed by atoms with Crippen LogP contribution in [0.3, 0.4) is 0 Å². The molecule has 25 heavy (non-hydrogen) atoms. The first-order valence-electron chi connectivity index (χ1n) is 8.20. The van der Waals surface area contributed by atoms with Gasteiger partial charge in [-0.25, -0.2) is 0 Å². The lowest BCUT2D eigenvalue weighted by molar-refractivity contribution is -0.384. The van der Waals surface area contributed by atoms with Gasteiger partial charge in [0.25, 0.3) is 5.69 Å². The van der Waals surface area contributed by atoms with E-state index in [1.165, 1.54) is 61.3 Å². The highest BCUT2D eigenvalue weighted by molar-refractivity contribution is 8.00. The number of rotatable bonds is 7. The van der Waals surface area contributed by atoms with E-state index in [4.69, 9.17) is 4.74 Å². The van der Waals surface area contributed by atoms with Crippen LogP contribution in [-0.4, -0.2) is 28.3 Å². The van der Waals surface area contributed by atoms with E-state index in [1.807, 2.05) is 0 Å². The first kappa shape index (κ1) is 17.9. The van der Waals surface area contributed by atoms with Crippen LogP contribution in [0.1, 0.15) is 37.7 Å². The molecule has 7 nitrogen and oxygen atoms in total. The number of non-ortho nitro benzene ring substituents is 1. The van der Waals surface area contributed by atoms with Gasteiger partial charge in [-0.1, -0.05) is 42.4 Å². The lowest BCUT2D eigenvalue weighted by Gasteiger charge is -2.21. The topological polar surface area (TPSA) is 90.2 Å². The first-order chi connectivity index (χ1) is 12.2. The Hall–Kier alpha value is -1.87. The van der Waals surface area contributed by atoms with Crippen molar-refractivity contribution in [3.05, 3.63) is 33.9 Å². The van der Waals surface area contributed by atoms with Gasteiger partial charge < -0.3 is 10.1 Å². The molecule has 0 amide bonds. The van der Waals surface area contributed by atoms with E-state index in [-0.39, 0.29) is 5.69 Å². The molecule has 1 aliphatic rings. The second kappa shape index (κ2) is 8.48. The highest BCUT2D eigenvalue weighted by atomic mass is 32.2. The number of ether oxygens (including phenoxy) is 1. The van der Waals surface area contributed by atoms with Crippen molar-refractivity contribution in [3.8, 4) is 5.75 Å². The Morgan fingerprint density at radius 3 is 2.88 bits per heavy atom. The summed E-state index contributed by atoms with van der Waals surface area (Å²) in [6.45, 7) is 0. The minimum atomic E-state index is -0.398. The number of benzene rings is 1. The van der Waals surface area contributed by atoms with Crippen molar-refractivity contribution in [1.82, 2.24) is 10.2 Å². The van der Waals surface area contributed by atoms with Crippen LogP contribution >= 0.6 is 23.1 Å². The summed E-state index contributed by atoms with van der Waals surface area (Å²) in [6.07, 6.45) is 6.23. The Kier molecular flexibility index (Phi) is 6.09. The fourth-order valence-corrected chi connectivity index (χ4v) is 4.69. The van der Waals surface area contributed by atoms with Crippen molar-refractivity contribution in [3.63, 3.8) is 0 Å². The Bertz CT molecular complexity index is 732. The number of nitro groups is 1. The maximum atomic E-state index is 10.9. The zero-order valence-electron chi connectivity index (χ0n) is 13.9. The van der Waals surface area contributed by atoms with E-state index in [0.29, 0.717) is 17.5 Å². The molecule has 9 heteroatoms. The summed E-state index contributed by atoms with van der Waals surface area (Å²) >= 11 is 3.03. The quantitative estimate of drug-likeness (QED) is 0.430. The molecule has 1 N–H and O–H groups in total. The molecule has 1 aliphatic carbocycles. The van der Waals surface area contributed by atoms with E-state index < -0.39 is 4.92 Å². The number of hydrogen-bond donors (Lipinski definition) is 1. The maximum absolute atomic E-state index is 10.9. The van der Waals surface area contributed by atoms with Gasteiger partial charge in [-0.2, -0.15) is 0 Å². The maximum Gasteiger partial charge on any atom is 0.270 e. The Morgan fingerprint density at radius 1 is 1.36 bits per heavy atom. The van der Waals surface area contributed by atoms with Gasteiger partial charge in [-0.15, -0.1) is 10.2 Å². The number of aromatic nitrogens is 2. The average Bonchev–Trinajstić information content (AvgIpc) is 3.07. The third-order valence-corrected chi connectivity index (χ3v) is 6.20. The van der Waals surface area contributed by atoms with Gasteiger partial charge in [0.2, 0.25) is 5.13 Å². The zero-order valence-corrected chi connectivity index (χ0v) is 15.6. The van der Waals surface area contributed by atoms with Gasteiger partial charge in [0.15, 0.2) is 4.34 Å². The lowest BCUT2D eigenvalue weighted by atomic mass is 9.96. The summed E-state index contributed by atoms with van der Waals surface area (Å²) < 4.78 is 6.13. The van der Waals surface area contributed by atoms with Crippen LogP contribution < -0.4 is 10.1 Å².